The third-order valence-electron chi connectivity index (χ3n) is 7.13. The Morgan fingerprint density at radius 2 is 1.39 bits per heavy atom. The highest BCUT2D eigenvalue weighted by Gasteiger charge is 2.38. The molecule has 4 aliphatic rings. The molecule has 1 aromatic carbocycles. The smallest absolute Gasteiger partial charge is 0.368 e. The van der Waals surface area contributed by atoms with Crippen molar-refractivity contribution < 1.29 is 13.2 Å². The van der Waals surface area contributed by atoms with Crippen LogP contribution in [0.25, 0.3) is 0 Å². The predicted octanol–water partition coefficient (Wildman–Crippen LogP) is 3.04. The first-order valence-corrected chi connectivity index (χ1v) is 10.4. The summed E-state index contributed by atoms with van der Waals surface area (Å²) in [6.45, 7) is 4.09. The van der Waals surface area contributed by atoms with Gasteiger partial charge in [-0.2, -0.15) is 13.2 Å². The van der Waals surface area contributed by atoms with E-state index in [1.807, 2.05) is 0 Å². The maximum absolute atomic E-state index is 12.7. The zero-order chi connectivity index (χ0) is 19.9. The van der Waals surface area contributed by atoms with Crippen LogP contribution >= 0.6 is 0 Å². The van der Waals surface area contributed by atoms with E-state index in [2.05, 4.69) is 34.1 Å². The van der Waals surface area contributed by atoms with E-state index in [0.717, 1.165) is 44.1 Å². The Kier molecular flexibility index (Phi) is 5.60. The second-order valence-electron chi connectivity index (χ2n) is 8.71. The highest BCUT2D eigenvalue weighted by Crippen LogP contribution is 2.35. The zero-order valence-electron chi connectivity index (χ0n) is 16.8. The van der Waals surface area contributed by atoms with E-state index in [9.17, 15) is 13.2 Å². The lowest BCUT2D eigenvalue weighted by Gasteiger charge is -2.40. The third kappa shape index (κ3) is 4.02. The SMILES string of the molecule is CN1C2CCC1CN(c1cccc(C(F)(F)F)c1)C2.CN1C2CCC1CNC2. The summed E-state index contributed by atoms with van der Waals surface area (Å²) in [4.78, 5) is 6.98. The van der Waals surface area contributed by atoms with Gasteiger partial charge in [-0.15, -0.1) is 0 Å². The number of piperazine rings is 2. The molecular weight excluding hydrogens is 365 g/mol. The number of hydrogen-bond acceptors (Lipinski definition) is 4. The van der Waals surface area contributed by atoms with Crippen LogP contribution in [0.5, 0.6) is 0 Å². The molecule has 0 aromatic heterocycles. The van der Waals surface area contributed by atoms with Gasteiger partial charge in [0.1, 0.15) is 0 Å². The molecule has 0 radical (unpaired) electrons. The molecule has 4 nitrogen and oxygen atoms in total. The molecule has 0 amide bonds. The molecule has 7 heteroatoms. The highest BCUT2D eigenvalue weighted by atomic mass is 19.4. The number of hydrogen-bond donors (Lipinski definition) is 1. The first kappa shape index (κ1) is 20.0. The van der Waals surface area contributed by atoms with Crippen LogP contribution in [0.1, 0.15) is 31.2 Å². The Labute approximate surface area is 165 Å². The van der Waals surface area contributed by atoms with E-state index in [-0.39, 0.29) is 0 Å². The molecule has 4 aliphatic heterocycles. The van der Waals surface area contributed by atoms with E-state index in [4.69, 9.17) is 0 Å². The Morgan fingerprint density at radius 3 is 1.93 bits per heavy atom. The van der Waals surface area contributed by atoms with Crippen molar-refractivity contribution in [1.82, 2.24) is 15.1 Å². The predicted molar refractivity (Wildman–Crippen MR) is 106 cm³/mol. The molecule has 0 saturated carbocycles. The first-order chi connectivity index (χ1) is 13.3. The minimum absolute atomic E-state index is 0.480. The number of nitrogens with one attached hydrogen (secondary N) is 1. The molecule has 4 atom stereocenters. The molecule has 1 N–H and O–H groups in total. The average molecular weight is 397 g/mol. The molecule has 4 heterocycles. The molecule has 28 heavy (non-hydrogen) atoms. The van der Waals surface area contributed by atoms with Crippen LogP contribution in [0.15, 0.2) is 24.3 Å². The number of benzene rings is 1. The van der Waals surface area contributed by atoms with Crippen molar-refractivity contribution in [2.45, 2.75) is 56.0 Å². The molecule has 156 valence electrons. The maximum Gasteiger partial charge on any atom is 0.416 e. The summed E-state index contributed by atoms with van der Waals surface area (Å²) in [5, 5.41) is 3.44. The molecule has 4 bridgehead atoms. The summed E-state index contributed by atoms with van der Waals surface area (Å²) >= 11 is 0. The molecule has 4 saturated heterocycles. The summed E-state index contributed by atoms with van der Waals surface area (Å²) in [5.74, 6) is 0. The van der Waals surface area contributed by atoms with Crippen molar-refractivity contribution >= 4 is 5.69 Å². The number of halogens is 3. The van der Waals surface area contributed by atoms with Crippen molar-refractivity contribution in [2.24, 2.45) is 0 Å². The topological polar surface area (TPSA) is 21.8 Å². The van der Waals surface area contributed by atoms with Gasteiger partial charge in [-0.05, 0) is 58.0 Å². The molecule has 5 rings (SSSR count). The second-order valence-corrected chi connectivity index (χ2v) is 8.71. The summed E-state index contributed by atoms with van der Waals surface area (Å²) in [6, 6.07) is 8.34. The van der Waals surface area contributed by atoms with Gasteiger partial charge in [0.2, 0.25) is 0 Å². The van der Waals surface area contributed by atoms with Gasteiger partial charge in [-0.3, -0.25) is 9.80 Å². The zero-order valence-corrected chi connectivity index (χ0v) is 16.8. The van der Waals surface area contributed by atoms with E-state index < -0.39 is 11.7 Å². The third-order valence-corrected chi connectivity index (χ3v) is 7.13. The summed E-state index contributed by atoms with van der Waals surface area (Å²) < 4.78 is 38.2. The van der Waals surface area contributed by atoms with Crippen LogP contribution in [0, 0.1) is 0 Å². The number of rotatable bonds is 1. The molecule has 4 fully saturated rings. The lowest BCUT2D eigenvalue weighted by atomic mass is 10.1. The Bertz CT molecular complexity index is 650. The largest absolute Gasteiger partial charge is 0.416 e. The fraction of sp³-hybridized carbons (Fsp3) is 0.714. The Morgan fingerprint density at radius 1 is 0.857 bits per heavy atom. The van der Waals surface area contributed by atoms with Crippen LogP contribution in [-0.4, -0.2) is 74.2 Å². The van der Waals surface area contributed by atoms with Crippen LogP contribution in [-0.2, 0) is 6.18 Å². The molecule has 1 aromatic rings. The van der Waals surface area contributed by atoms with Crippen LogP contribution in [0.2, 0.25) is 0 Å². The number of nitrogens with zero attached hydrogens (tertiary/aromatic N) is 3. The van der Waals surface area contributed by atoms with Gasteiger partial charge in [0.25, 0.3) is 0 Å². The summed E-state index contributed by atoms with van der Waals surface area (Å²) in [6.07, 6.45) is 0.858. The van der Waals surface area contributed by atoms with Gasteiger partial charge in [0.15, 0.2) is 0 Å². The van der Waals surface area contributed by atoms with E-state index in [1.165, 1.54) is 38.1 Å². The molecule has 0 spiro atoms. The fourth-order valence-electron chi connectivity index (χ4n) is 5.20. The lowest BCUT2D eigenvalue weighted by Crippen LogP contribution is -2.52. The van der Waals surface area contributed by atoms with Crippen molar-refractivity contribution in [2.75, 3.05) is 45.2 Å². The summed E-state index contributed by atoms with van der Waals surface area (Å²) in [5.41, 5.74) is 0.135. The van der Waals surface area contributed by atoms with Crippen molar-refractivity contribution in [3.05, 3.63) is 29.8 Å². The second kappa shape index (κ2) is 7.84. The normalized spacial score (nSPS) is 33.0. The van der Waals surface area contributed by atoms with Gasteiger partial charge in [0, 0.05) is 56.0 Å². The average Bonchev–Trinajstić information content (AvgIpc) is 3.01. The van der Waals surface area contributed by atoms with E-state index in [0.29, 0.717) is 17.8 Å². The van der Waals surface area contributed by atoms with Crippen molar-refractivity contribution in [1.29, 1.82) is 0 Å². The van der Waals surface area contributed by atoms with E-state index >= 15 is 0 Å². The lowest BCUT2D eigenvalue weighted by molar-refractivity contribution is -0.137. The van der Waals surface area contributed by atoms with Crippen LogP contribution in [0.3, 0.4) is 0 Å². The fourth-order valence-corrected chi connectivity index (χ4v) is 5.20. The summed E-state index contributed by atoms with van der Waals surface area (Å²) in [7, 11) is 4.37. The molecule has 0 aliphatic carbocycles. The maximum atomic E-state index is 12.7. The number of fused-ring (bicyclic) bond motifs is 4. The molecular formula is C21H31F3N4. The van der Waals surface area contributed by atoms with Gasteiger partial charge < -0.3 is 10.2 Å². The number of likely N-dealkylation sites (N-methyl/N-ethyl adjacent to an activating group) is 2. The highest BCUT2D eigenvalue weighted by molar-refractivity contribution is 5.50. The van der Waals surface area contributed by atoms with Crippen LogP contribution in [0.4, 0.5) is 18.9 Å². The molecule has 4 unspecified atom stereocenters. The number of anilines is 1. The number of alkyl halides is 3. The van der Waals surface area contributed by atoms with Gasteiger partial charge in [0.05, 0.1) is 5.56 Å². The minimum atomic E-state index is -4.26. The van der Waals surface area contributed by atoms with Crippen LogP contribution < -0.4 is 10.2 Å². The standard InChI is InChI=1S/C14H17F3N2.C7H14N2/c1-18-12-5-6-13(18)9-19(8-12)11-4-2-3-10(7-11)14(15,16)17;1-9-6-2-3-7(9)5-8-4-6/h2-4,7,12-13H,5-6,8-9H2,1H3;6-8H,2-5H2,1H3. The minimum Gasteiger partial charge on any atom is -0.368 e. The van der Waals surface area contributed by atoms with Gasteiger partial charge in [-0.25, -0.2) is 0 Å². The van der Waals surface area contributed by atoms with E-state index in [1.54, 1.807) is 6.07 Å². The Balaban J connectivity index is 0.000000177. The Hall–Kier alpha value is -1.31. The van der Waals surface area contributed by atoms with Crippen molar-refractivity contribution in [3.8, 4) is 0 Å². The quantitative estimate of drug-likeness (QED) is 0.788. The van der Waals surface area contributed by atoms with Crippen molar-refractivity contribution in [3.63, 3.8) is 0 Å². The monoisotopic (exact) mass is 396 g/mol. The first-order valence-electron chi connectivity index (χ1n) is 10.4. The van der Waals surface area contributed by atoms with Gasteiger partial charge in [-0.1, -0.05) is 6.07 Å². The van der Waals surface area contributed by atoms with Gasteiger partial charge >= 0.3 is 6.18 Å².